The summed E-state index contributed by atoms with van der Waals surface area (Å²) in [6, 6.07) is 27.3. The number of halogens is 1. The Morgan fingerprint density at radius 2 is 1.89 bits per heavy atom. The smallest absolute Gasteiger partial charge is 0.265 e. The number of carbonyl (C=O) groups excluding carboxylic acids is 1. The molecule has 0 radical (unpaired) electrons. The molecule has 0 bridgehead atoms. The van der Waals surface area contributed by atoms with Gasteiger partial charge in [0.1, 0.15) is 11.8 Å². The molecule has 1 aliphatic rings. The Labute approximate surface area is 258 Å². The van der Waals surface area contributed by atoms with Crippen LogP contribution in [0.1, 0.15) is 21.7 Å². The third-order valence-corrected chi connectivity index (χ3v) is 8.55. The molecule has 8 nitrogen and oxygen atoms in total. The quantitative estimate of drug-likeness (QED) is 0.183. The van der Waals surface area contributed by atoms with Crippen LogP contribution in [0.5, 0.6) is 0 Å². The van der Waals surface area contributed by atoms with Crippen LogP contribution in [0.3, 0.4) is 0 Å². The molecule has 2 N–H and O–H groups in total. The highest BCUT2D eigenvalue weighted by Crippen LogP contribution is 2.33. The van der Waals surface area contributed by atoms with E-state index in [1.807, 2.05) is 82.7 Å². The largest absolute Gasteiger partial charge is 0.324 e. The standard InChI is InChI=1S/C34H30FN7OS/c35-25-14-18-41(22-25)17-13-23-6-3-8-26(20-23)38-34-36-15-12-28(39-34)32-31(40-30-11-1-2-16-42(30)32)24-7-4-9-27(21-24)37-33(43)29-10-5-19-44-29/h1-12,15-16,19-21,25H,13-14,17-18,22H2,(H,37,43)(H,36,38,39). The first-order valence-electron chi connectivity index (χ1n) is 14.6. The first-order chi connectivity index (χ1) is 21.6. The lowest BCUT2D eigenvalue weighted by Crippen LogP contribution is -2.23. The Bertz CT molecular complexity index is 1920. The summed E-state index contributed by atoms with van der Waals surface area (Å²) in [5.74, 6) is 0.320. The maximum absolute atomic E-state index is 13.6. The van der Waals surface area contributed by atoms with Crippen LogP contribution in [0.2, 0.25) is 0 Å². The van der Waals surface area contributed by atoms with Crippen molar-refractivity contribution >= 4 is 40.2 Å². The van der Waals surface area contributed by atoms with E-state index in [2.05, 4.69) is 32.7 Å². The van der Waals surface area contributed by atoms with Crippen molar-refractivity contribution in [3.8, 4) is 22.6 Å². The van der Waals surface area contributed by atoms with E-state index in [0.717, 1.165) is 47.8 Å². The average molecular weight is 604 g/mol. The number of amides is 1. The second-order valence-corrected chi connectivity index (χ2v) is 11.7. The van der Waals surface area contributed by atoms with Crippen molar-refractivity contribution < 1.29 is 9.18 Å². The van der Waals surface area contributed by atoms with Crippen LogP contribution in [0.15, 0.2) is 103 Å². The van der Waals surface area contributed by atoms with Crippen LogP contribution in [0.25, 0.3) is 28.3 Å². The van der Waals surface area contributed by atoms with Crippen molar-refractivity contribution in [1.29, 1.82) is 0 Å². The number of carbonyl (C=O) groups is 1. The van der Waals surface area contributed by atoms with Crippen LogP contribution < -0.4 is 10.6 Å². The molecule has 1 saturated heterocycles. The van der Waals surface area contributed by atoms with Gasteiger partial charge in [-0.2, -0.15) is 0 Å². The molecular weight excluding hydrogens is 573 g/mol. The molecule has 2 aromatic carbocycles. The predicted octanol–water partition coefficient (Wildman–Crippen LogP) is 7.10. The van der Waals surface area contributed by atoms with Gasteiger partial charge in [0, 0.05) is 49.0 Å². The van der Waals surface area contributed by atoms with Gasteiger partial charge in [-0.15, -0.1) is 11.3 Å². The van der Waals surface area contributed by atoms with Crippen LogP contribution in [-0.2, 0) is 6.42 Å². The summed E-state index contributed by atoms with van der Waals surface area (Å²) in [4.78, 5) is 29.9. The highest BCUT2D eigenvalue weighted by Gasteiger charge is 2.21. The van der Waals surface area contributed by atoms with Gasteiger partial charge < -0.3 is 15.5 Å². The molecule has 44 heavy (non-hydrogen) atoms. The molecular formula is C34H30FN7OS. The maximum Gasteiger partial charge on any atom is 0.265 e. The number of fused-ring (bicyclic) bond motifs is 1. The summed E-state index contributed by atoms with van der Waals surface area (Å²) in [6.45, 7) is 2.18. The third-order valence-electron chi connectivity index (χ3n) is 7.68. The number of anilines is 3. The Morgan fingerprint density at radius 3 is 2.75 bits per heavy atom. The van der Waals surface area contributed by atoms with Crippen LogP contribution in [-0.4, -0.2) is 56.0 Å². The van der Waals surface area contributed by atoms with Crippen molar-refractivity contribution in [1.82, 2.24) is 24.3 Å². The van der Waals surface area contributed by atoms with Crippen LogP contribution in [0, 0.1) is 0 Å². The Hall–Kier alpha value is -4.93. The number of hydrogen-bond acceptors (Lipinski definition) is 7. The van der Waals surface area contributed by atoms with Gasteiger partial charge in [0.15, 0.2) is 0 Å². The summed E-state index contributed by atoms with van der Waals surface area (Å²) in [5, 5.41) is 8.24. The molecule has 1 aliphatic heterocycles. The van der Waals surface area contributed by atoms with E-state index in [-0.39, 0.29) is 5.91 Å². The lowest BCUT2D eigenvalue weighted by atomic mass is 10.1. The van der Waals surface area contributed by atoms with Gasteiger partial charge in [-0.3, -0.25) is 9.20 Å². The minimum atomic E-state index is -0.706. The summed E-state index contributed by atoms with van der Waals surface area (Å²) in [6.07, 6.45) is 4.47. The monoisotopic (exact) mass is 603 g/mol. The van der Waals surface area contributed by atoms with E-state index < -0.39 is 6.17 Å². The Kier molecular flexibility index (Phi) is 7.83. The minimum absolute atomic E-state index is 0.146. The molecule has 10 heteroatoms. The molecule has 0 aliphatic carbocycles. The number of thiophene rings is 1. The molecule has 1 atom stereocenters. The fourth-order valence-corrected chi connectivity index (χ4v) is 6.17. The van der Waals surface area contributed by atoms with E-state index in [4.69, 9.17) is 9.97 Å². The molecule has 7 rings (SSSR count). The van der Waals surface area contributed by atoms with Gasteiger partial charge in [0.2, 0.25) is 5.95 Å². The number of pyridine rings is 1. The zero-order valence-corrected chi connectivity index (χ0v) is 24.7. The summed E-state index contributed by atoms with van der Waals surface area (Å²) < 4.78 is 15.6. The lowest BCUT2D eigenvalue weighted by Gasteiger charge is -2.15. The van der Waals surface area contributed by atoms with E-state index in [1.165, 1.54) is 16.9 Å². The van der Waals surface area contributed by atoms with E-state index >= 15 is 0 Å². The Balaban J connectivity index is 1.16. The normalized spacial score (nSPS) is 15.1. The average Bonchev–Trinajstić information content (AvgIpc) is 3.81. The first-order valence-corrected chi connectivity index (χ1v) is 15.5. The Morgan fingerprint density at radius 1 is 0.977 bits per heavy atom. The SMILES string of the molecule is O=C(Nc1cccc(-c2nc3ccccn3c2-c2ccnc(Nc3cccc(CCN4CCC(F)C4)c3)n2)c1)c1cccs1. The van der Waals surface area contributed by atoms with Crippen LogP contribution >= 0.6 is 11.3 Å². The molecule has 220 valence electrons. The van der Waals surface area contributed by atoms with Gasteiger partial charge in [0.25, 0.3) is 5.91 Å². The number of nitrogens with one attached hydrogen (secondary N) is 2. The fourth-order valence-electron chi connectivity index (χ4n) is 5.55. The molecule has 4 aromatic heterocycles. The minimum Gasteiger partial charge on any atom is -0.324 e. The van der Waals surface area contributed by atoms with Gasteiger partial charge in [-0.1, -0.05) is 36.4 Å². The maximum atomic E-state index is 13.6. The van der Waals surface area contributed by atoms with E-state index in [1.54, 1.807) is 12.3 Å². The van der Waals surface area contributed by atoms with Crippen molar-refractivity contribution in [2.75, 3.05) is 30.3 Å². The fraction of sp³-hybridized carbons (Fsp3) is 0.176. The van der Waals surface area contributed by atoms with Crippen molar-refractivity contribution in [3.05, 3.63) is 113 Å². The second kappa shape index (κ2) is 12.4. The number of alkyl halides is 1. The molecule has 1 fully saturated rings. The van der Waals surface area contributed by atoms with Gasteiger partial charge in [0.05, 0.1) is 22.0 Å². The number of nitrogens with zero attached hydrogens (tertiary/aromatic N) is 5. The number of benzene rings is 2. The number of imidazole rings is 1. The zero-order chi connectivity index (χ0) is 29.9. The van der Waals surface area contributed by atoms with Crippen molar-refractivity contribution in [2.24, 2.45) is 0 Å². The first kappa shape index (κ1) is 27.9. The number of rotatable bonds is 9. The predicted molar refractivity (Wildman–Crippen MR) is 173 cm³/mol. The molecule has 0 spiro atoms. The van der Waals surface area contributed by atoms with Gasteiger partial charge >= 0.3 is 0 Å². The molecule has 0 saturated carbocycles. The zero-order valence-electron chi connectivity index (χ0n) is 23.9. The number of hydrogen-bond donors (Lipinski definition) is 2. The topological polar surface area (TPSA) is 87.5 Å². The van der Waals surface area contributed by atoms with Crippen LogP contribution in [0.4, 0.5) is 21.7 Å². The van der Waals surface area contributed by atoms with E-state index in [0.29, 0.717) is 35.2 Å². The van der Waals surface area contributed by atoms with Gasteiger partial charge in [-0.05, 0) is 72.3 Å². The van der Waals surface area contributed by atoms with Gasteiger partial charge in [-0.25, -0.2) is 19.3 Å². The van der Waals surface area contributed by atoms with E-state index in [9.17, 15) is 9.18 Å². The summed E-state index contributed by atoms with van der Waals surface area (Å²) in [5.41, 5.74) is 6.64. The third kappa shape index (κ3) is 6.08. The highest BCUT2D eigenvalue weighted by atomic mass is 32.1. The molecule has 6 aromatic rings. The highest BCUT2D eigenvalue weighted by molar-refractivity contribution is 7.12. The second-order valence-electron chi connectivity index (χ2n) is 10.8. The molecule has 1 amide bonds. The summed E-state index contributed by atoms with van der Waals surface area (Å²) >= 11 is 1.40. The number of likely N-dealkylation sites (tertiary alicyclic amines) is 1. The summed E-state index contributed by atoms with van der Waals surface area (Å²) in [7, 11) is 0. The molecule has 5 heterocycles. The van der Waals surface area contributed by atoms with Crippen molar-refractivity contribution in [2.45, 2.75) is 19.0 Å². The number of aromatic nitrogens is 4. The van der Waals surface area contributed by atoms with Crippen molar-refractivity contribution in [3.63, 3.8) is 0 Å². The molecule has 1 unspecified atom stereocenters. The lowest BCUT2D eigenvalue weighted by molar-refractivity contribution is 0.103.